The Labute approximate surface area is 86.5 Å². The Kier molecular flexibility index (Phi) is 3.16. The SMILES string of the molecule is COc1c(C)cc(C(O)C(=O)O)cc1O. The fourth-order valence-electron chi connectivity index (χ4n) is 1.35. The van der Waals surface area contributed by atoms with E-state index in [9.17, 15) is 15.0 Å². The molecule has 0 bridgehead atoms. The Hall–Kier alpha value is -1.75. The van der Waals surface area contributed by atoms with Crippen molar-refractivity contribution in [1.82, 2.24) is 0 Å². The van der Waals surface area contributed by atoms with Crippen molar-refractivity contribution >= 4 is 5.97 Å². The molecule has 0 saturated heterocycles. The van der Waals surface area contributed by atoms with E-state index in [2.05, 4.69) is 0 Å². The van der Waals surface area contributed by atoms with Crippen LogP contribution in [0.2, 0.25) is 0 Å². The van der Waals surface area contributed by atoms with Gasteiger partial charge in [0, 0.05) is 0 Å². The van der Waals surface area contributed by atoms with Crippen LogP contribution < -0.4 is 4.74 Å². The summed E-state index contributed by atoms with van der Waals surface area (Å²) in [6.45, 7) is 1.65. The third-order valence-electron chi connectivity index (χ3n) is 2.03. The van der Waals surface area contributed by atoms with E-state index in [4.69, 9.17) is 9.84 Å². The van der Waals surface area contributed by atoms with E-state index in [1.807, 2.05) is 0 Å². The average molecular weight is 212 g/mol. The summed E-state index contributed by atoms with van der Waals surface area (Å²) >= 11 is 0. The van der Waals surface area contributed by atoms with Gasteiger partial charge >= 0.3 is 5.97 Å². The lowest BCUT2D eigenvalue weighted by Gasteiger charge is -2.11. The zero-order chi connectivity index (χ0) is 11.6. The van der Waals surface area contributed by atoms with E-state index in [1.165, 1.54) is 19.2 Å². The largest absolute Gasteiger partial charge is 0.504 e. The molecule has 1 rings (SSSR count). The monoisotopic (exact) mass is 212 g/mol. The van der Waals surface area contributed by atoms with Crippen LogP contribution in [0.1, 0.15) is 17.2 Å². The Morgan fingerprint density at radius 1 is 1.47 bits per heavy atom. The number of ether oxygens (including phenoxy) is 1. The predicted octanol–water partition coefficient (Wildman–Crippen LogP) is 0.827. The second-order valence-corrected chi connectivity index (χ2v) is 3.13. The first-order chi connectivity index (χ1) is 6.97. The Morgan fingerprint density at radius 3 is 2.47 bits per heavy atom. The number of phenolic OH excluding ortho intramolecular Hbond substituents is 1. The minimum absolute atomic E-state index is 0.123. The molecule has 0 spiro atoms. The zero-order valence-electron chi connectivity index (χ0n) is 8.39. The van der Waals surface area contributed by atoms with Gasteiger partial charge < -0.3 is 20.1 Å². The topological polar surface area (TPSA) is 87.0 Å². The fourth-order valence-corrected chi connectivity index (χ4v) is 1.35. The van der Waals surface area contributed by atoms with Gasteiger partial charge in [0.2, 0.25) is 0 Å². The molecule has 82 valence electrons. The second kappa shape index (κ2) is 4.18. The van der Waals surface area contributed by atoms with Crippen molar-refractivity contribution in [2.75, 3.05) is 7.11 Å². The highest BCUT2D eigenvalue weighted by molar-refractivity contribution is 5.74. The molecule has 5 heteroatoms. The molecule has 3 N–H and O–H groups in total. The van der Waals surface area contributed by atoms with Gasteiger partial charge in [0.25, 0.3) is 0 Å². The van der Waals surface area contributed by atoms with Crippen molar-refractivity contribution in [3.63, 3.8) is 0 Å². The van der Waals surface area contributed by atoms with Crippen LogP contribution in [0.5, 0.6) is 11.5 Å². The van der Waals surface area contributed by atoms with Crippen LogP contribution in [0.25, 0.3) is 0 Å². The zero-order valence-corrected chi connectivity index (χ0v) is 8.39. The molecule has 0 fully saturated rings. The highest BCUT2D eigenvalue weighted by Crippen LogP contribution is 2.32. The van der Waals surface area contributed by atoms with Crippen LogP contribution in [-0.2, 0) is 4.79 Å². The molecule has 0 radical (unpaired) electrons. The summed E-state index contributed by atoms with van der Waals surface area (Å²) in [4.78, 5) is 10.5. The molecule has 0 aliphatic rings. The van der Waals surface area contributed by atoms with Crippen LogP contribution in [0.15, 0.2) is 12.1 Å². The van der Waals surface area contributed by atoms with Gasteiger partial charge in [-0.15, -0.1) is 0 Å². The van der Waals surface area contributed by atoms with Crippen LogP contribution in [0.3, 0.4) is 0 Å². The number of hydrogen-bond donors (Lipinski definition) is 3. The highest BCUT2D eigenvalue weighted by Gasteiger charge is 2.18. The molecule has 1 aromatic carbocycles. The van der Waals surface area contributed by atoms with Crippen LogP contribution in [0.4, 0.5) is 0 Å². The summed E-state index contributed by atoms with van der Waals surface area (Å²) in [6, 6.07) is 2.63. The number of rotatable bonds is 3. The number of carbonyl (C=O) groups is 1. The molecular weight excluding hydrogens is 200 g/mol. The molecule has 0 aromatic heterocycles. The number of aliphatic carboxylic acids is 1. The summed E-state index contributed by atoms with van der Waals surface area (Å²) in [7, 11) is 1.40. The standard InChI is InChI=1S/C10H12O5/c1-5-3-6(8(12)10(13)14)4-7(11)9(5)15-2/h3-4,8,11-12H,1-2H3,(H,13,14). The van der Waals surface area contributed by atoms with Crippen LogP contribution >= 0.6 is 0 Å². The molecular formula is C10H12O5. The van der Waals surface area contributed by atoms with Crippen molar-refractivity contribution in [3.05, 3.63) is 23.3 Å². The third kappa shape index (κ3) is 2.19. The number of aryl methyl sites for hydroxylation is 1. The van der Waals surface area contributed by atoms with Gasteiger partial charge in [-0.25, -0.2) is 4.79 Å². The minimum Gasteiger partial charge on any atom is -0.504 e. The number of aromatic hydroxyl groups is 1. The Balaban J connectivity index is 3.19. The Bertz CT molecular complexity index is 362. The first-order valence-electron chi connectivity index (χ1n) is 4.25. The summed E-state index contributed by atoms with van der Waals surface area (Å²) in [5.74, 6) is -1.27. The maximum Gasteiger partial charge on any atom is 0.337 e. The van der Waals surface area contributed by atoms with Gasteiger partial charge in [-0.1, -0.05) is 0 Å². The lowest BCUT2D eigenvalue weighted by Crippen LogP contribution is -2.10. The minimum atomic E-state index is -1.64. The summed E-state index contributed by atoms with van der Waals surface area (Å²) in [6.07, 6.45) is -1.64. The molecule has 1 unspecified atom stereocenters. The van der Waals surface area contributed by atoms with Crippen molar-refractivity contribution in [1.29, 1.82) is 0 Å². The first kappa shape index (κ1) is 11.3. The van der Waals surface area contributed by atoms with Gasteiger partial charge in [0.1, 0.15) is 0 Å². The van der Waals surface area contributed by atoms with E-state index < -0.39 is 12.1 Å². The number of hydrogen-bond acceptors (Lipinski definition) is 4. The van der Waals surface area contributed by atoms with E-state index in [0.29, 0.717) is 5.56 Å². The normalized spacial score (nSPS) is 12.2. The van der Waals surface area contributed by atoms with Gasteiger partial charge in [-0.05, 0) is 30.2 Å². The fraction of sp³-hybridized carbons (Fsp3) is 0.300. The molecule has 15 heavy (non-hydrogen) atoms. The molecule has 5 nitrogen and oxygen atoms in total. The molecule has 0 aliphatic carbocycles. The number of carboxylic acids is 1. The van der Waals surface area contributed by atoms with Gasteiger partial charge in [-0.2, -0.15) is 0 Å². The lowest BCUT2D eigenvalue weighted by molar-refractivity contribution is -0.146. The molecule has 0 saturated carbocycles. The quantitative estimate of drug-likeness (QED) is 0.690. The molecule has 0 heterocycles. The Morgan fingerprint density at radius 2 is 2.07 bits per heavy atom. The second-order valence-electron chi connectivity index (χ2n) is 3.13. The number of benzene rings is 1. The maximum absolute atomic E-state index is 10.5. The smallest absolute Gasteiger partial charge is 0.337 e. The maximum atomic E-state index is 10.5. The van der Waals surface area contributed by atoms with Crippen LogP contribution in [0, 0.1) is 6.92 Å². The number of aliphatic hydroxyl groups is 1. The molecule has 0 aliphatic heterocycles. The number of carboxylic acid groups (broad SMARTS) is 1. The van der Waals surface area contributed by atoms with Crippen molar-refractivity contribution in [3.8, 4) is 11.5 Å². The lowest BCUT2D eigenvalue weighted by atomic mass is 10.1. The van der Waals surface area contributed by atoms with E-state index in [-0.39, 0.29) is 17.1 Å². The third-order valence-corrected chi connectivity index (χ3v) is 2.03. The first-order valence-corrected chi connectivity index (χ1v) is 4.25. The number of aliphatic hydroxyl groups excluding tert-OH is 1. The van der Waals surface area contributed by atoms with Crippen molar-refractivity contribution in [2.45, 2.75) is 13.0 Å². The average Bonchev–Trinajstić information content (AvgIpc) is 2.15. The summed E-state index contributed by atoms with van der Waals surface area (Å²) in [5.41, 5.74) is 0.686. The number of methoxy groups -OCH3 is 1. The van der Waals surface area contributed by atoms with E-state index in [0.717, 1.165) is 0 Å². The van der Waals surface area contributed by atoms with E-state index in [1.54, 1.807) is 6.92 Å². The number of phenols is 1. The van der Waals surface area contributed by atoms with Gasteiger partial charge in [0.15, 0.2) is 17.6 Å². The summed E-state index contributed by atoms with van der Waals surface area (Å²) in [5, 5.41) is 27.3. The molecule has 0 amide bonds. The predicted molar refractivity (Wildman–Crippen MR) is 52.0 cm³/mol. The molecule has 1 aromatic rings. The van der Waals surface area contributed by atoms with Crippen molar-refractivity contribution in [2.24, 2.45) is 0 Å². The van der Waals surface area contributed by atoms with Crippen molar-refractivity contribution < 1.29 is 24.9 Å². The van der Waals surface area contributed by atoms with Gasteiger partial charge in [0.05, 0.1) is 7.11 Å². The van der Waals surface area contributed by atoms with E-state index >= 15 is 0 Å². The summed E-state index contributed by atoms with van der Waals surface area (Å²) < 4.78 is 4.89. The van der Waals surface area contributed by atoms with Crippen LogP contribution in [-0.4, -0.2) is 28.4 Å². The highest BCUT2D eigenvalue weighted by atomic mass is 16.5. The molecule has 1 atom stereocenters. The van der Waals surface area contributed by atoms with Gasteiger partial charge in [-0.3, -0.25) is 0 Å².